The maximum atomic E-state index is 12.3. The predicted molar refractivity (Wildman–Crippen MR) is 102 cm³/mol. The van der Waals surface area contributed by atoms with Gasteiger partial charge in [0.2, 0.25) is 4.96 Å². The Kier molecular flexibility index (Phi) is 4.32. The normalized spacial score (nSPS) is 10.8. The number of rotatable bonds is 4. The number of hydrogen-bond donors (Lipinski definition) is 1. The van der Waals surface area contributed by atoms with E-state index in [1.807, 2.05) is 29.6 Å². The Morgan fingerprint density at radius 2 is 2.04 bits per heavy atom. The fourth-order valence-electron chi connectivity index (χ4n) is 2.49. The summed E-state index contributed by atoms with van der Waals surface area (Å²) in [5, 5.41) is 9.66. The van der Waals surface area contributed by atoms with E-state index in [9.17, 15) is 4.79 Å². The smallest absolute Gasteiger partial charge is 0.258 e. The van der Waals surface area contributed by atoms with Gasteiger partial charge in [0.05, 0.1) is 12.8 Å². The molecule has 0 atom stereocenters. The number of fused-ring (bicyclic) bond motifs is 1. The van der Waals surface area contributed by atoms with Crippen molar-refractivity contribution in [2.45, 2.75) is 0 Å². The van der Waals surface area contributed by atoms with Crippen molar-refractivity contribution < 1.29 is 9.53 Å². The highest BCUT2D eigenvalue weighted by Gasteiger charge is 2.14. The second kappa shape index (κ2) is 6.78. The zero-order valence-corrected chi connectivity index (χ0v) is 15.2. The number of methoxy groups -OCH3 is 1. The summed E-state index contributed by atoms with van der Waals surface area (Å²) in [6.45, 7) is 0. The molecule has 0 bridgehead atoms. The van der Waals surface area contributed by atoms with Crippen LogP contribution < -0.4 is 10.1 Å². The quantitative estimate of drug-likeness (QED) is 0.567. The Balaban J connectivity index is 1.63. The van der Waals surface area contributed by atoms with E-state index >= 15 is 0 Å². The molecule has 4 aromatic rings. The first kappa shape index (κ1) is 16.6. The monoisotopic (exact) mass is 384 g/mol. The van der Waals surface area contributed by atoms with E-state index in [0.717, 1.165) is 17.0 Å². The number of thiazole rings is 1. The zero-order chi connectivity index (χ0) is 18.1. The molecule has 0 spiro atoms. The Labute approximate surface area is 158 Å². The van der Waals surface area contributed by atoms with E-state index in [1.165, 1.54) is 11.3 Å². The van der Waals surface area contributed by atoms with Crippen LogP contribution in [0, 0.1) is 0 Å². The molecule has 0 aliphatic heterocycles. The van der Waals surface area contributed by atoms with Crippen molar-refractivity contribution in [1.82, 2.24) is 14.6 Å². The number of carbonyl (C=O) groups excluding carboxylic acids is 1. The fraction of sp³-hybridized carbons (Fsp3) is 0.0556. The summed E-state index contributed by atoms with van der Waals surface area (Å²) in [6.07, 6.45) is 0. The van der Waals surface area contributed by atoms with Crippen LogP contribution >= 0.6 is 22.9 Å². The van der Waals surface area contributed by atoms with Crippen LogP contribution in [0.3, 0.4) is 0 Å². The second-order valence-electron chi connectivity index (χ2n) is 5.44. The van der Waals surface area contributed by atoms with Gasteiger partial charge in [-0.15, -0.1) is 16.4 Å². The largest absolute Gasteiger partial charge is 0.497 e. The molecule has 26 heavy (non-hydrogen) atoms. The first-order valence-corrected chi connectivity index (χ1v) is 8.95. The molecule has 0 radical (unpaired) electrons. The average Bonchev–Trinajstić information content (AvgIpc) is 3.22. The lowest BCUT2D eigenvalue weighted by molar-refractivity contribution is 0.102. The van der Waals surface area contributed by atoms with Gasteiger partial charge in [0.1, 0.15) is 5.75 Å². The summed E-state index contributed by atoms with van der Waals surface area (Å²) in [7, 11) is 1.63. The molecule has 0 aliphatic rings. The number of carbonyl (C=O) groups is 1. The standard InChI is InChI=1S/C18H13ClN4O2S/c1-25-14-4-2-3-12(9-14)15-10-26-18-21-17(22-23(15)18)20-16(24)11-5-7-13(19)8-6-11/h2-10H,1H3,(H,20,22,24). The lowest BCUT2D eigenvalue weighted by Gasteiger charge is -2.03. The van der Waals surface area contributed by atoms with Gasteiger partial charge in [-0.1, -0.05) is 23.7 Å². The lowest BCUT2D eigenvalue weighted by atomic mass is 10.2. The minimum Gasteiger partial charge on any atom is -0.497 e. The fourth-order valence-corrected chi connectivity index (χ4v) is 3.45. The van der Waals surface area contributed by atoms with Crippen molar-refractivity contribution in [3.8, 4) is 17.0 Å². The highest BCUT2D eigenvalue weighted by atomic mass is 35.5. The molecule has 6 nitrogen and oxygen atoms in total. The third-order valence-electron chi connectivity index (χ3n) is 3.78. The maximum Gasteiger partial charge on any atom is 0.258 e. The predicted octanol–water partition coefficient (Wildman–Crippen LogP) is 4.37. The Morgan fingerprint density at radius 1 is 1.23 bits per heavy atom. The van der Waals surface area contributed by atoms with Gasteiger partial charge in [-0.05, 0) is 36.4 Å². The number of nitrogens with one attached hydrogen (secondary N) is 1. The lowest BCUT2D eigenvalue weighted by Crippen LogP contribution is -2.13. The van der Waals surface area contributed by atoms with E-state index in [2.05, 4.69) is 15.4 Å². The van der Waals surface area contributed by atoms with E-state index in [-0.39, 0.29) is 11.9 Å². The average molecular weight is 385 g/mol. The topological polar surface area (TPSA) is 68.5 Å². The van der Waals surface area contributed by atoms with E-state index in [0.29, 0.717) is 15.5 Å². The van der Waals surface area contributed by atoms with Gasteiger partial charge in [0.15, 0.2) is 0 Å². The van der Waals surface area contributed by atoms with E-state index < -0.39 is 0 Å². The first-order chi connectivity index (χ1) is 12.6. The molecule has 1 amide bonds. The van der Waals surface area contributed by atoms with Crippen LogP contribution in [0.25, 0.3) is 16.2 Å². The third-order valence-corrected chi connectivity index (χ3v) is 4.85. The summed E-state index contributed by atoms with van der Waals surface area (Å²) in [5.41, 5.74) is 2.32. The molecule has 0 saturated heterocycles. The number of benzene rings is 2. The number of amides is 1. The minimum absolute atomic E-state index is 0.251. The molecule has 0 saturated carbocycles. The number of anilines is 1. The molecule has 2 heterocycles. The van der Waals surface area contributed by atoms with Crippen LogP contribution in [0.15, 0.2) is 53.9 Å². The second-order valence-corrected chi connectivity index (χ2v) is 6.72. The summed E-state index contributed by atoms with van der Waals surface area (Å²) < 4.78 is 6.98. The van der Waals surface area contributed by atoms with Crippen LogP contribution in [0.4, 0.5) is 5.95 Å². The number of halogens is 1. The number of aromatic nitrogens is 3. The van der Waals surface area contributed by atoms with Gasteiger partial charge >= 0.3 is 0 Å². The van der Waals surface area contributed by atoms with Crippen LogP contribution in [0.5, 0.6) is 5.75 Å². The Bertz CT molecular complexity index is 1090. The summed E-state index contributed by atoms with van der Waals surface area (Å²) in [4.78, 5) is 17.4. The summed E-state index contributed by atoms with van der Waals surface area (Å²) in [5.74, 6) is 0.724. The van der Waals surface area contributed by atoms with Crippen LogP contribution in [-0.4, -0.2) is 27.6 Å². The number of ether oxygens (including phenoxy) is 1. The number of hydrogen-bond acceptors (Lipinski definition) is 5. The molecule has 1 N–H and O–H groups in total. The van der Waals surface area contributed by atoms with Crippen molar-refractivity contribution in [3.63, 3.8) is 0 Å². The van der Waals surface area contributed by atoms with Gasteiger partial charge in [-0.3, -0.25) is 10.1 Å². The number of nitrogens with zero attached hydrogens (tertiary/aromatic N) is 3. The van der Waals surface area contributed by atoms with Gasteiger partial charge in [-0.25, -0.2) is 4.52 Å². The Hall–Kier alpha value is -2.90. The van der Waals surface area contributed by atoms with Gasteiger partial charge < -0.3 is 4.74 Å². The van der Waals surface area contributed by atoms with Crippen molar-refractivity contribution in [2.75, 3.05) is 12.4 Å². The van der Waals surface area contributed by atoms with Crippen LogP contribution in [-0.2, 0) is 0 Å². The molecule has 130 valence electrons. The molecular weight excluding hydrogens is 372 g/mol. The van der Waals surface area contributed by atoms with Crippen LogP contribution in [0.2, 0.25) is 5.02 Å². The third kappa shape index (κ3) is 3.14. The molecule has 4 rings (SSSR count). The van der Waals surface area contributed by atoms with Crippen molar-refractivity contribution in [3.05, 3.63) is 64.5 Å². The van der Waals surface area contributed by atoms with Gasteiger partial charge in [0.25, 0.3) is 11.9 Å². The van der Waals surface area contributed by atoms with E-state index in [4.69, 9.17) is 16.3 Å². The molecule has 0 fully saturated rings. The minimum atomic E-state index is -0.289. The molecule has 2 aromatic heterocycles. The van der Waals surface area contributed by atoms with Crippen LogP contribution in [0.1, 0.15) is 10.4 Å². The maximum absolute atomic E-state index is 12.3. The molecule has 0 aliphatic carbocycles. The zero-order valence-electron chi connectivity index (χ0n) is 13.6. The molecular formula is C18H13ClN4O2S. The van der Waals surface area contributed by atoms with Crippen molar-refractivity contribution in [2.24, 2.45) is 0 Å². The molecule has 8 heteroatoms. The SMILES string of the molecule is COc1cccc(-c2csc3nc(NC(=O)c4ccc(Cl)cc4)nn23)c1. The van der Waals surface area contributed by atoms with Gasteiger partial charge in [0, 0.05) is 21.5 Å². The first-order valence-electron chi connectivity index (χ1n) is 7.69. The van der Waals surface area contributed by atoms with Crippen molar-refractivity contribution >= 4 is 39.8 Å². The summed E-state index contributed by atoms with van der Waals surface area (Å²) >= 11 is 7.29. The Morgan fingerprint density at radius 3 is 2.81 bits per heavy atom. The van der Waals surface area contributed by atoms with Gasteiger partial charge in [-0.2, -0.15) is 4.98 Å². The van der Waals surface area contributed by atoms with Crippen molar-refractivity contribution in [1.29, 1.82) is 0 Å². The molecule has 2 aromatic carbocycles. The highest BCUT2D eigenvalue weighted by Crippen LogP contribution is 2.28. The van der Waals surface area contributed by atoms with E-state index in [1.54, 1.807) is 35.9 Å². The summed E-state index contributed by atoms with van der Waals surface area (Å²) in [6, 6.07) is 14.3. The highest BCUT2D eigenvalue weighted by molar-refractivity contribution is 7.15. The molecule has 0 unspecified atom stereocenters.